The first-order valence-corrected chi connectivity index (χ1v) is 8.61. The minimum Gasteiger partial charge on any atom is -0.370 e. The molecular weight excluding hydrogens is 292 g/mol. The average Bonchev–Trinajstić information content (AvgIpc) is 2.56. The number of hydrogen-bond acceptors (Lipinski definition) is 2. The van der Waals surface area contributed by atoms with Gasteiger partial charge in [-0.25, -0.2) is 13.1 Å². The van der Waals surface area contributed by atoms with Gasteiger partial charge >= 0.3 is 12.3 Å². The first-order chi connectivity index (χ1) is 11.0. The maximum absolute atomic E-state index is 7.57. The zero-order valence-electron chi connectivity index (χ0n) is 14.5. The standard InChI is InChI=1S/C17H30N4O2/c1-18-16(20(3)8-12-22-13-9-20)6-5-7-17(19-2)21(4)10-14-23-15-11-21/h16-17H,5-15H2,3-4H3/q+2. The number of hydrogen-bond donors (Lipinski definition) is 0. The van der Waals surface area contributed by atoms with Crippen LogP contribution in [0.4, 0.5) is 0 Å². The number of morpholine rings is 2. The van der Waals surface area contributed by atoms with E-state index in [1.54, 1.807) is 0 Å². The van der Waals surface area contributed by atoms with E-state index in [2.05, 4.69) is 23.8 Å². The Labute approximate surface area is 140 Å². The minimum atomic E-state index is 0.000258. The minimum absolute atomic E-state index is 0.000258. The van der Waals surface area contributed by atoms with E-state index in [4.69, 9.17) is 22.6 Å². The highest BCUT2D eigenvalue weighted by atomic mass is 16.5. The Morgan fingerprint density at radius 1 is 0.783 bits per heavy atom. The Morgan fingerprint density at radius 3 is 1.43 bits per heavy atom. The molecule has 6 heteroatoms. The van der Waals surface area contributed by atoms with Crippen molar-refractivity contribution in [3.63, 3.8) is 0 Å². The summed E-state index contributed by atoms with van der Waals surface area (Å²) in [5.41, 5.74) is 0. The third-order valence-electron chi connectivity index (χ3n) is 5.65. The highest BCUT2D eigenvalue weighted by Crippen LogP contribution is 2.24. The van der Waals surface area contributed by atoms with Gasteiger partial charge in [0.05, 0.1) is 53.4 Å². The molecule has 0 N–H and O–H groups in total. The summed E-state index contributed by atoms with van der Waals surface area (Å²) in [7, 11) is 4.35. The fourth-order valence-electron chi connectivity index (χ4n) is 3.63. The molecule has 2 heterocycles. The van der Waals surface area contributed by atoms with Crippen LogP contribution in [0, 0.1) is 13.1 Å². The highest BCUT2D eigenvalue weighted by molar-refractivity contribution is 4.76. The van der Waals surface area contributed by atoms with Crippen LogP contribution in [0.15, 0.2) is 0 Å². The van der Waals surface area contributed by atoms with Crippen LogP contribution in [-0.4, -0.2) is 88.0 Å². The zero-order valence-corrected chi connectivity index (χ0v) is 14.5. The summed E-state index contributed by atoms with van der Waals surface area (Å²) in [5, 5.41) is 0. The van der Waals surface area contributed by atoms with Crippen molar-refractivity contribution in [2.45, 2.75) is 31.6 Å². The number of nitrogens with zero attached hydrogens (tertiary/aromatic N) is 4. The van der Waals surface area contributed by atoms with Crippen LogP contribution >= 0.6 is 0 Å². The maximum atomic E-state index is 7.57. The summed E-state index contributed by atoms with van der Waals surface area (Å²) >= 11 is 0. The number of quaternary nitrogens is 2. The molecule has 0 radical (unpaired) electrons. The molecule has 2 atom stereocenters. The molecule has 2 rings (SSSR count). The van der Waals surface area contributed by atoms with Crippen LogP contribution < -0.4 is 0 Å². The Kier molecular flexibility index (Phi) is 6.38. The van der Waals surface area contributed by atoms with Gasteiger partial charge < -0.3 is 9.47 Å². The van der Waals surface area contributed by atoms with E-state index in [0.29, 0.717) is 0 Å². The van der Waals surface area contributed by atoms with E-state index < -0.39 is 0 Å². The Hall–Kier alpha value is -1.18. The molecule has 23 heavy (non-hydrogen) atoms. The van der Waals surface area contributed by atoms with Crippen molar-refractivity contribution in [1.82, 2.24) is 0 Å². The second-order valence-electron chi connectivity index (χ2n) is 7.23. The van der Waals surface area contributed by atoms with Crippen LogP contribution in [0.5, 0.6) is 0 Å². The summed E-state index contributed by atoms with van der Waals surface area (Å²) in [4.78, 5) is 7.80. The lowest BCUT2D eigenvalue weighted by atomic mass is 10.1. The molecule has 2 aliphatic rings. The zero-order chi connectivity index (χ0) is 16.8. The van der Waals surface area contributed by atoms with Gasteiger partial charge in [0.15, 0.2) is 0 Å². The summed E-state index contributed by atoms with van der Waals surface area (Å²) in [6.45, 7) is 21.8. The summed E-state index contributed by atoms with van der Waals surface area (Å²) in [5.74, 6) is 0. The van der Waals surface area contributed by atoms with Crippen molar-refractivity contribution >= 4 is 0 Å². The van der Waals surface area contributed by atoms with E-state index in [9.17, 15) is 0 Å². The summed E-state index contributed by atoms with van der Waals surface area (Å²) < 4.78 is 12.5. The van der Waals surface area contributed by atoms with E-state index in [1.165, 1.54) is 0 Å². The predicted molar refractivity (Wildman–Crippen MR) is 88.1 cm³/mol. The van der Waals surface area contributed by atoms with Crippen LogP contribution in [-0.2, 0) is 9.47 Å². The molecule has 2 unspecified atom stereocenters. The van der Waals surface area contributed by atoms with Gasteiger partial charge in [-0.1, -0.05) is 0 Å². The fraction of sp³-hybridized carbons (Fsp3) is 0.882. The molecule has 2 fully saturated rings. The molecule has 0 amide bonds. The molecule has 0 saturated carbocycles. The van der Waals surface area contributed by atoms with Crippen LogP contribution in [0.2, 0.25) is 0 Å². The molecule has 0 aliphatic carbocycles. The van der Waals surface area contributed by atoms with Gasteiger partial charge in [0.2, 0.25) is 0 Å². The van der Waals surface area contributed by atoms with Gasteiger partial charge in [-0.3, -0.25) is 18.7 Å². The Balaban J connectivity index is 1.86. The third kappa shape index (κ3) is 4.43. The highest BCUT2D eigenvalue weighted by Gasteiger charge is 2.41. The molecule has 0 aromatic heterocycles. The lowest BCUT2D eigenvalue weighted by Crippen LogP contribution is -2.58. The van der Waals surface area contributed by atoms with Gasteiger partial charge in [0.1, 0.15) is 26.2 Å². The Bertz CT molecular complexity index is 414. The monoisotopic (exact) mass is 322 g/mol. The lowest BCUT2D eigenvalue weighted by molar-refractivity contribution is -0.937. The molecule has 2 saturated heterocycles. The van der Waals surface area contributed by atoms with Crippen molar-refractivity contribution in [2.24, 2.45) is 0 Å². The molecule has 0 spiro atoms. The van der Waals surface area contributed by atoms with Crippen molar-refractivity contribution in [3.05, 3.63) is 22.8 Å². The van der Waals surface area contributed by atoms with Gasteiger partial charge in [-0.15, -0.1) is 0 Å². The SMILES string of the molecule is [C-]#[N+]C(CCCC([N+]#[C-])[N+]1(C)CCOCC1)[N+]1(C)CCOCC1. The molecule has 2 aliphatic heterocycles. The van der Waals surface area contributed by atoms with E-state index in [1.807, 2.05) is 0 Å². The van der Waals surface area contributed by atoms with Crippen molar-refractivity contribution in [2.75, 3.05) is 66.7 Å². The fourth-order valence-corrected chi connectivity index (χ4v) is 3.63. The van der Waals surface area contributed by atoms with Gasteiger partial charge in [0, 0.05) is 0 Å². The first kappa shape index (κ1) is 18.2. The van der Waals surface area contributed by atoms with Crippen molar-refractivity contribution < 1.29 is 18.4 Å². The topological polar surface area (TPSA) is 27.2 Å². The predicted octanol–water partition coefficient (Wildman–Crippen LogP) is 1.60. The van der Waals surface area contributed by atoms with E-state index in [-0.39, 0.29) is 12.3 Å². The molecule has 0 aromatic carbocycles. The van der Waals surface area contributed by atoms with Crippen LogP contribution in [0.1, 0.15) is 19.3 Å². The second-order valence-corrected chi connectivity index (χ2v) is 7.23. The van der Waals surface area contributed by atoms with Gasteiger partial charge in [-0.2, -0.15) is 0 Å². The number of ether oxygens (including phenoxy) is 2. The molecule has 6 nitrogen and oxygen atoms in total. The van der Waals surface area contributed by atoms with Gasteiger partial charge in [-0.05, 0) is 6.42 Å². The van der Waals surface area contributed by atoms with Crippen molar-refractivity contribution in [1.29, 1.82) is 0 Å². The quantitative estimate of drug-likeness (QED) is 0.549. The van der Waals surface area contributed by atoms with E-state index >= 15 is 0 Å². The lowest BCUT2D eigenvalue weighted by Gasteiger charge is -2.38. The maximum Gasteiger partial charge on any atom is 0.348 e. The average molecular weight is 322 g/mol. The van der Waals surface area contributed by atoms with Crippen LogP contribution in [0.3, 0.4) is 0 Å². The summed E-state index contributed by atoms with van der Waals surface area (Å²) in [6, 6.07) is 0. The largest absolute Gasteiger partial charge is 0.370 e. The van der Waals surface area contributed by atoms with Crippen molar-refractivity contribution in [3.8, 4) is 0 Å². The Morgan fingerprint density at radius 2 is 1.13 bits per heavy atom. The third-order valence-corrected chi connectivity index (χ3v) is 5.65. The smallest absolute Gasteiger partial charge is 0.348 e. The molecule has 0 aromatic rings. The summed E-state index contributed by atoms with van der Waals surface area (Å²) in [6.07, 6.45) is 2.70. The van der Waals surface area contributed by atoms with E-state index in [0.717, 1.165) is 80.8 Å². The van der Waals surface area contributed by atoms with Crippen LogP contribution in [0.25, 0.3) is 9.69 Å². The normalized spacial score (nSPS) is 25.7. The molecular formula is C17H30N4O2+2. The number of likely N-dealkylation sites (N-methyl/N-ethyl adjacent to an activating group) is 2. The van der Waals surface area contributed by atoms with Gasteiger partial charge in [0.25, 0.3) is 0 Å². The first-order valence-electron chi connectivity index (χ1n) is 8.61. The number of rotatable bonds is 6. The molecule has 128 valence electrons. The molecule has 0 bridgehead atoms. The second kappa shape index (κ2) is 8.08.